The molecule has 338 valence electrons. The molecule has 1 aromatic rings. The molecule has 20 nitrogen and oxygen atoms in total. The third-order valence-corrected chi connectivity index (χ3v) is 12.0. The van der Waals surface area contributed by atoms with Crippen molar-refractivity contribution in [3.8, 4) is 0 Å². The van der Waals surface area contributed by atoms with E-state index in [1.807, 2.05) is 0 Å². The molecule has 4 aliphatic heterocycles. The summed E-state index contributed by atoms with van der Waals surface area (Å²) in [5.41, 5.74) is -2.03. The van der Waals surface area contributed by atoms with Crippen molar-refractivity contribution in [2.45, 2.75) is 103 Å². The van der Waals surface area contributed by atoms with E-state index >= 15 is 0 Å². The summed E-state index contributed by atoms with van der Waals surface area (Å²) in [7, 11) is 0. The minimum Gasteiger partial charge on any atom is -0.681 e. The van der Waals surface area contributed by atoms with Crippen LogP contribution in [0, 0.1) is 22.7 Å². The first-order chi connectivity index (χ1) is 29.0. The summed E-state index contributed by atoms with van der Waals surface area (Å²) in [6, 6.07) is -2.26. The molecule has 0 spiro atoms. The first-order valence-corrected chi connectivity index (χ1v) is 19.7. The van der Waals surface area contributed by atoms with Crippen LogP contribution < -0.4 is 15.7 Å². The Morgan fingerprint density at radius 2 is 1.19 bits per heavy atom. The van der Waals surface area contributed by atoms with Gasteiger partial charge in [0.25, 0.3) is 0 Å². The summed E-state index contributed by atoms with van der Waals surface area (Å²) in [6.07, 6.45) is 0.424. The molecule has 1 fully saturated rings. The van der Waals surface area contributed by atoms with E-state index in [0.717, 1.165) is 0 Å². The molecule has 6 atom stereocenters. The van der Waals surface area contributed by atoms with Crippen LogP contribution in [-0.2, 0) is 68.3 Å². The van der Waals surface area contributed by atoms with Gasteiger partial charge in [-0.2, -0.15) is 11.4 Å². The van der Waals surface area contributed by atoms with Crippen LogP contribution in [0.25, 0.3) is 28.1 Å². The van der Waals surface area contributed by atoms with Gasteiger partial charge in [-0.1, -0.05) is 60.4 Å². The molecule has 8 N–H and O–H groups in total. The second-order valence-electron chi connectivity index (χ2n) is 16.3. The standard InChI is InChI=1S/C42H46N4O16.Fe/c1-41(17-39(59)60)23(5-9-35(51)52)29-14-27-21(11-37(55)56)19(3-7-33(47)48)25(43-27)13-26-20(4-8-34(49)50)22(12-38(57)58)28(44-26)15-31-42(2,18-40(61)62)24(6-10-36(53)54)30(46-31)16-32(41)45-29;/h13-16,22-23,29,31H,3-12,17-18H2,1-2H3,(H,47,48)(H,49,50)(H,51,52)(H,53,54)(H,55,56)(H,57,58)(H,59,60)(H,61,62);/q-4;+4/b25-13-,27-14-,28-15+,32-16-;/t22-,23+,29?,31?,41-,42-;/m0./s1. The molecule has 0 aromatic carbocycles. The molecule has 1 aromatic heterocycles. The summed E-state index contributed by atoms with van der Waals surface area (Å²) in [5.74, 6) is -12.1. The maximum atomic E-state index is 12.6. The molecule has 1 saturated heterocycles. The molecular weight excluding hydrogens is 872 g/mol. The first-order valence-electron chi connectivity index (χ1n) is 19.7. The summed E-state index contributed by atoms with van der Waals surface area (Å²) >= 11 is 0. The van der Waals surface area contributed by atoms with Crippen LogP contribution in [0.5, 0.6) is 0 Å². The number of allylic oxidation sites excluding steroid dienone is 4. The van der Waals surface area contributed by atoms with Crippen LogP contribution >= 0.6 is 0 Å². The Hall–Kier alpha value is -6.34. The van der Waals surface area contributed by atoms with Crippen LogP contribution in [0.15, 0.2) is 46.1 Å². The zero-order valence-electron chi connectivity index (χ0n) is 34.1. The molecule has 0 aliphatic carbocycles. The summed E-state index contributed by atoms with van der Waals surface area (Å²) in [6.45, 7) is 3.10. The zero-order chi connectivity index (χ0) is 45.8. The maximum Gasteiger partial charge on any atom is 4.00 e. The van der Waals surface area contributed by atoms with Gasteiger partial charge in [-0.05, 0) is 48.3 Å². The normalized spacial score (nSPS) is 27.3. The van der Waals surface area contributed by atoms with Crippen molar-refractivity contribution in [2.24, 2.45) is 22.7 Å². The third kappa shape index (κ3) is 11.2. The van der Waals surface area contributed by atoms with Gasteiger partial charge in [-0.15, -0.1) is 34.2 Å². The van der Waals surface area contributed by atoms with E-state index in [1.54, 1.807) is 13.8 Å². The minimum absolute atomic E-state index is 0. The maximum absolute atomic E-state index is 12.6. The Balaban J connectivity index is 0.00000871. The van der Waals surface area contributed by atoms with Gasteiger partial charge in [0.15, 0.2) is 0 Å². The molecule has 63 heavy (non-hydrogen) atoms. The third-order valence-electron chi connectivity index (χ3n) is 12.0. The van der Waals surface area contributed by atoms with Crippen LogP contribution in [0.3, 0.4) is 0 Å². The predicted molar refractivity (Wildman–Crippen MR) is 214 cm³/mol. The number of carbonyl (C=O) groups is 8. The Morgan fingerprint density at radius 1 is 0.603 bits per heavy atom. The van der Waals surface area contributed by atoms with E-state index in [1.165, 1.54) is 24.3 Å². The Kier molecular flexibility index (Phi) is 15.5. The topological polar surface area (TPSA) is 355 Å². The number of rotatable bonds is 20. The molecule has 21 heteroatoms. The van der Waals surface area contributed by atoms with E-state index in [0.29, 0.717) is 0 Å². The second-order valence-corrected chi connectivity index (χ2v) is 16.3. The zero-order valence-corrected chi connectivity index (χ0v) is 35.2. The summed E-state index contributed by atoms with van der Waals surface area (Å²) in [5, 5.41) is 94.2. The molecule has 5 heterocycles. The number of fused-ring (bicyclic) bond motifs is 8. The largest absolute Gasteiger partial charge is 4.00 e. The van der Waals surface area contributed by atoms with Gasteiger partial charge >= 0.3 is 64.8 Å². The van der Waals surface area contributed by atoms with Crippen LogP contribution in [0.1, 0.15) is 89.2 Å². The van der Waals surface area contributed by atoms with Crippen LogP contribution in [0.4, 0.5) is 0 Å². The first kappa shape index (κ1) is 49.3. The molecule has 2 unspecified atom stereocenters. The monoisotopic (exact) mass is 918 g/mol. The Bertz CT molecular complexity index is 2360. The SMILES string of the molecule is C[C@]1(CC(=O)O)C(CCC(=O)O)=C2/C=C3\[N-]C(/C=c4\[n-]/c(c(CCC(=O)O)c4CC(=O)O)=C\C4=C(CCC(=O)O)[C@H](CC(=O)O)/C(=C\C1[N-]2)[N-]4)[C@@H](CCC(=O)O)[C@]3(C)CC(=O)O.[Fe+4]. The van der Waals surface area contributed by atoms with Crippen molar-refractivity contribution in [3.63, 3.8) is 0 Å². The van der Waals surface area contributed by atoms with Crippen molar-refractivity contribution in [3.05, 3.63) is 83.9 Å². The number of aromatic nitrogens is 1. The number of hydrogen-bond acceptors (Lipinski definition) is 8. The molecule has 0 saturated carbocycles. The molecule has 0 radical (unpaired) electrons. The molecule has 5 rings (SSSR count). The number of carboxylic acid groups (broad SMARTS) is 8. The van der Waals surface area contributed by atoms with Gasteiger partial charge in [0, 0.05) is 25.7 Å². The number of hydrogen-bond donors (Lipinski definition) is 8. The smallest absolute Gasteiger partial charge is 0.681 e. The van der Waals surface area contributed by atoms with Crippen LogP contribution in [0.2, 0.25) is 0 Å². The Labute approximate surface area is 369 Å². The quantitative estimate of drug-likeness (QED) is 0.0870. The van der Waals surface area contributed by atoms with Crippen molar-refractivity contribution < 1.29 is 96.3 Å². The van der Waals surface area contributed by atoms with E-state index in [9.17, 15) is 79.2 Å². The van der Waals surface area contributed by atoms with Crippen molar-refractivity contribution in [1.29, 1.82) is 0 Å². The van der Waals surface area contributed by atoms with E-state index in [2.05, 4.69) is 0 Å². The summed E-state index contributed by atoms with van der Waals surface area (Å²) in [4.78, 5) is 103. The van der Waals surface area contributed by atoms with Gasteiger partial charge in [0.1, 0.15) is 0 Å². The number of carboxylic acids is 8. The van der Waals surface area contributed by atoms with Crippen molar-refractivity contribution >= 4 is 59.9 Å². The minimum atomic E-state index is -1.50. The van der Waals surface area contributed by atoms with E-state index in [-0.39, 0.29) is 98.5 Å². The molecular formula is C42H46FeN4O16. The van der Waals surface area contributed by atoms with Gasteiger partial charge < -0.3 is 61.8 Å². The number of nitrogens with zero attached hydrogens (tertiary/aromatic N) is 4. The Morgan fingerprint density at radius 3 is 1.76 bits per heavy atom. The van der Waals surface area contributed by atoms with E-state index in [4.69, 9.17) is 20.9 Å². The van der Waals surface area contributed by atoms with Gasteiger partial charge in [-0.25, -0.2) is 0 Å². The average Bonchev–Trinajstić information content (AvgIpc) is 3.77. The fraction of sp³-hybridized carbons (Fsp3) is 0.476. The molecule has 0 amide bonds. The second kappa shape index (κ2) is 19.8. The van der Waals surface area contributed by atoms with E-state index < -0.39 is 134 Å². The average molecular weight is 919 g/mol. The van der Waals surface area contributed by atoms with Crippen LogP contribution in [-0.4, -0.2) is 101 Å². The van der Waals surface area contributed by atoms with Crippen molar-refractivity contribution in [2.75, 3.05) is 0 Å². The van der Waals surface area contributed by atoms with Gasteiger partial charge in [0.2, 0.25) is 0 Å². The van der Waals surface area contributed by atoms with Gasteiger partial charge in [-0.3, -0.25) is 38.4 Å². The fourth-order valence-electron chi connectivity index (χ4n) is 9.13. The predicted octanol–water partition coefficient (Wildman–Crippen LogP) is 3.30. The van der Waals surface area contributed by atoms with Gasteiger partial charge in [0.05, 0.1) is 25.7 Å². The fourth-order valence-corrected chi connectivity index (χ4v) is 9.13. The molecule has 8 bridgehead atoms. The number of aliphatic carboxylic acids is 8. The molecule has 4 aliphatic rings. The summed E-state index contributed by atoms with van der Waals surface area (Å²) < 4.78 is 0. The van der Waals surface area contributed by atoms with Crippen molar-refractivity contribution in [1.82, 2.24) is 4.98 Å².